The highest BCUT2D eigenvalue weighted by atomic mass is 32.1. The van der Waals surface area contributed by atoms with Crippen LogP contribution in [-0.4, -0.2) is 47.8 Å². The first kappa shape index (κ1) is 17.0. The van der Waals surface area contributed by atoms with Crippen LogP contribution in [0.4, 0.5) is 0 Å². The van der Waals surface area contributed by atoms with E-state index in [0.717, 1.165) is 12.0 Å². The lowest BCUT2D eigenvalue weighted by Crippen LogP contribution is -2.50. The number of amides is 2. The summed E-state index contributed by atoms with van der Waals surface area (Å²) in [5.41, 5.74) is 1.02. The van der Waals surface area contributed by atoms with E-state index in [2.05, 4.69) is 11.4 Å². The van der Waals surface area contributed by atoms with E-state index in [1.54, 1.807) is 17.4 Å². The molecule has 1 aliphatic carbocycles. The number of carbonyl (C=O) groups excluding carboxylic acids is 2. The zero-order valence-electron chi connectivity index (χ0n) is 14.6. The van der Waals surface area contributed by atoms with Crippen LogP contribution in [-0.2, 0) is 9.59 Å². The van der Waals surface area contributed by atoms with Gasteiger partial charge in [-0.2, -0.15) is 0 Å². The molecule has 1 saturated heterocycles. The lowest BCUT2D eigenvalue weighted by atomic mass is 10.2. The summed E-state index contributed by atoms with van der Waals surface area (Å²) in [5.74, 6) is 0.837. The molecule has 1 saturated carbocycles. The highest BCUT2D eigenvalue weighted by Crippen LogP contribution is 2.50. The fourth-order valence-electron chi connectivity index (χ4n) is 3.50. The Bertz CT molecular complexity index is 793. The van der Waals surface area contributed by atoms with E-state index in [0.29, 0.717) is 32.1 Å². The monoisotopic (exact) mass is 366 g/mol. The van der Waals surface area contributed by atoms with Crippen LogP contribution in [0.1, 0.15) is 22.8 Å². The van der Waals surface area contributed by atoms with Crippen LogP contribution in [0.15, 0.2) is 53.9 Å². The standard InChI is InChI=1S/C21H22N2O2S/c24-20(9-8-16-5-2-1-3-6-16)22-10-12-23(13-11-22)21(25)18-15-17(18)19-7-4-14-26-19/h1-9,14,17-18H,10-13,15H2/b9-8+. The van der Waals surface area contributed by atoms with E-state index in [1.165, 1.54) is 4.88 Å². The van der Waals surface area contributed by atoms with Gasteiger partial charge in [-0.1, -0.05) is 36.4 Å². The van der Waals surface area contributed by atoms with Gasteiger partial charge in [0.1, 0.15) is 0 Å². The predicted octanol–water partition coefficient (Wildman–Crippen LogP) is 3.24. The molecule has 5 heteroatoms. The van der Waals surface area contributed by atoms with Crippen molar-refractivity contribution in [3.05, 3.63) is 64.4 Å². The minimum absolute atomic E-state index is 0.0174. The Morgan fingerprint density at radius 1 is 0.962 bits per heavy atom. The molecular weight excluding hydrogens is 344 g/mol. The molecule has 0 bridgehead atoms. The zero-order chi connectivity index (χ0) is 17.9. The van der Waals surface area contributed by atoms with Gasteiger partial charge in [0.25, 0.3) is 0 Å². The fourth-order valence-corrected chi connectivity index (χ4v) is 4.41. The summed E-state index contributed by atoms with van der Waals surface area (Å²) in [6, 6.07) is 14.0. The second-order valence-electron chi connectivity index (χ2n) is 6.86. The third-order valence-electron chi connectivity index (χ3n) is 5.14. The number of thiophene rings is 1. The number of nitrogens with zero attached hydrogens (tertiary/aromatic N) is 2. The molecule has 2 amide bonds. The Balaban J connectivity index is 1.27. The van der Waals surface area contributed by atoms with E-state index < -0.39 is 0 Å². The quantitative estimate of drug-likeness (QED) is 0.780. The normalized spacial score (nSPS) is 22.6. The summed E-state index contributed by atoms with van der Waals surface area (Å²) in [6.45, 7) is 2.50. The summed E-state index contributed by atoms with van der Waals surface area (Å²) < 4.78 is 0. The second kappa shape index (κ2) is 7.46. The zero-order valence-corrected chi connectivity index (χ0v) is 15.4. The summed E-state index contributed by atoms with van der Waals surface area (Å²) in [5, 5.41) is 2.07. The lowest BCUT2D eigenvalue weighted by Gasteiger charge is -2.34. The van der Waals surface area contributed by atoms with Crippen LogP contribution in [0, 0.1) is 5.92 Å². The van der Waals surface area contributed by atoms with E-state index in [-0.39, 0.29) is 17.7 Å². The minimum atomic E-state index is 0.0174. The molecule has 4 nitrogen and oxygen atoms in total. The number of hydrogen-bond donors (Lipinski definition) is 0. The Kier molecular flexibility index (Phi) is 4.89. The van der Waals surface area contributed by atoms with Crippen molar-refractivity contribution in [3.8, 4) is 0 Å². The SMILES string of the molecule is O=C(/C=C/c1ccccc1)N1CCN(C(=O)C2CC2c2cccs2)CC1. The molecule has 2 atom stereocenters. The molecule has 0 radical (unpaired) electrons. The Morgan fingerprint density at radius 3 is 2.38 bits per heavy atom. The maximum absolute atomic E-state index is 12.7. The van der Waals surface area contributed by atoms with Gasteiger partial charge in [-0.25, -0.2) is 0 Å². The molecule has 2 unspecified atom stereocenters. The van der Waals surface area contributed by atoms with Crippen LogP contribution in [0.25, 0.3) is 6.08 Å². The first-order valence-corrected chi connectivity index (χ1v) is 9.94. The van der Waals surface area contributed by atoms with Gasteiger partial charge in [-0.15, -0.1) is 11.3 Å². The average Bonchev–Trinajstić information content (AvgIpc) is 3.31. The van der Waals surface area contributed by atoms with Gasteiger partial charge in [-0.3, -0.25) is 9.59 Å². The number of rotatable bonds is 4. The van der Waals surface area contributed by atoms with Crippen LogP contribution in [0.5, 0.6) is 0 Å². The summed E-state index contributed by atoms with van der Waals surface area (Å²) in [7, 11) is 0. The van der Waals surface area contributed by atoms with Gasteiger partial charge in [0.2, 0.25) is 11.8 Å². The van der Waals surface area contributed by atoms with E-state index in [9.17, 15) is 9.59 Å². The highest BCUT2D eigenvalue weighted by molar-refractivity contribution is 7.10. The predicted molar refractivity (Wildman–Crippen MR) is 104 cm³/mol. The Labute approximate surface area is 157 Å². The van der Waals surface area contributed by atoms with Crippen LogP contribution in [0.3, 0.4) is 0 Å². The molecule has 2 heterocycles. The fraction of sp³-hybridized carbons (Fsp3) is 0.333. The van der Waals surface area contributed by atoms with Gasteiger partial charge < -0.3 is 9.80 Å². The molecule has 4 rings (SSSR count). The van der Waals surface area contributed by atoms with E-state index in [1.807, 2.05) is 52.3 Å². The minimum Gasteiger partial charge on any atom is -0.339 e. The Hall–Kier alpha value is -2.40. The second-order valence-corrected chi connectivity index (χ2v) is 7.84. The van der Waals surface area contributed by atoms with Crippen molar-refractivity contribution >= 4 is 29.2 Å². The van der Waals surface area contributed by atoms with Gasteiger partial charge >= 0.3 is 0 Å². The van der Waals surface area contributed by atoms with Crippen LogP contribution >= 0.6 is 11.3 Å². The first-order chi connectivity index (χ1) is 12.7. The van der Waals surface area contributed by atoms with Gasteiger partial charge in [0, 0.05) is 49.0 Å². The van der Waals surface area contributed by atoms with Crippen molar-refractivity contribution in [1.82, 2.24) is 9.80 Å². The lowest BCUT2D eigenvalue weighted by molar-refractivity contribution is -0.138. The van der Waals surface area contributed by atoms with Crippen LogP contribution < -0.4 is 0 Å². The number of hydrogen-bond acceptors (Lipinski definition) is 3. The topological polar surface area (TPSA) is 40.6 Å². The third-order valence-corrected chi connectivity index (χ3v) is 6.14. The largest absolute Gasteiger partial charge is 0.339 e. The van der Waals surface area contributed by atoms with Crippen molar-refractivity contribution in [1.29, 1.82) is 0 Å². The molecule has 1 aromatic heterocycles. The van der Waals surface area contributed by atoms with Gasteiger partial charge in [0.15, 0.2) is 0 Å². The molecule has 26 heavy (non-hydrogen) atoms. The van der Waals surface area contributed by atoms with Crippen molar-refractivity contribution in [3.63, 3.8) is 0 Å². The van der Waals surface area contributed by atoms with Crippen molar-refractivity contribution in [2.24, 2.45) is 5.92 Å². The van der Waals surface area contributed by atoms with E-state index >= 15 is 0 Å². The number of piperazine rings is 1. The van der Waals surface area contributed by atoms with Crippen molar-refractivity contribution in [2.75, 3.05) is 26.2 Å². The third kappa shape index (κ3) is 3.73. The molecule has 2 aromatic rings. The van der Waals surface area contributed by atoms with Crippen molar-refractivity contribution < 1.29 is 9.59 Å². The Morgan fingerprint density at radius 2 is 1.69 bits per heavy atom. The van der Waals surface area contributed by atoms with Gasteiger partial charge in [0.05, 0.1) is 0 Å². The maximum atomic E-state index is 12.7. The number of benzene rings is 1. The summed E-state index contributed by atoms with van der Waals surface area (Å²) in [6.07, 6.45) is 4.44. The molecular formula is C21H22N2O2S. The molecule has 0 N–H and O–H groups in total. The molecule has 0 spiro atoms. The summed E-state index contributed by atoms with van der Waals surface area (Å²) >= 11 is 1.74. The van der Waals surface area contributed by atoms with E-state index in [4.69, 9.17) is 0 Å². The number of carbonyl (C=O) groups is 2. The molecule has 1 aliphatic heterocycles. The molecule has 2 fully saturated rings. The maximum Gasteiger partial charge on any atom is 0.246 e. The van der Waals surface area contributed by atoms with Gasteiger partial charge in [-0.05, 0) is 29.5 Å². The average molecular weight is 366 g/mol. The van der Waals surface area contributed by atoms with Crippen LogP contribution in [0.2, 0.25) is 0 Å². The molecule has 1 aromatic carbocycles. The van der Waals surface area contributed by atoms with Crippen molar-refractivity contribution in [2.45, 2.75) is 12.3 Å². The summed E-state index contributed by atoms with van der Waals surface area (Å²) in [4.78, 5) is 30.1. The first-order valence-electron chi connectivity index (χ1n) is 9.06. The molecule has 2 aliphatic rings. The molecule has 134 valence electrons. The highest BCUT2D eigenvalue weighted by Gasteiger charge is 2.46. The smallest absolute Gasteiger partial charge is 0.246 e.